The molecule has 0 saturated heterocycles. The van der Waals surface area contributed by atoms with Gasteiger partial charge in [0.1, 0.15) is 0 Å². The number of nitrogens with zero attached hydrogens (tertiary/aromatic N) is 1. The van der Waals surface area contributed by atoms with Crippen molar-refractivity contribution in [1.82, 2.24) is 5.16 Å². The Morgan fingerprint density at radius 1 is 1.31 bits per heavy atom. The second-order valence-electron chi connectivity index (χ2n) is 3.29. The van der Waals surface area contributed by atoms with Gasteiger partial charge in [-0.2, -0.15) is 0 Å². The van der Waals surface area contributed by atoms with Crippen molar-refractivity contribution in [3.05, 3.63) is 41.6 Å². The van der Waals surface area contributed by atoms with Crippen molar-refractivity contribution in [2.75, 3.05) is 5.33 Å². The van der Waals surface area contributed by atoms with E-state index in [1.54, 1.807) is 0 Å². The van der Waals surface area contributed by atoms with E-state index in [-0.39, 0.29) is 0 Å². The van der Waals surface area contributed by atoms with Gasteiger partial charge in [-0.3, -0.25) is 0 Å². The van der Waals surface area contributed by atoms with Crippen molar-refractivity contribution in [2.24, 2.45) is 0 Å². The maximum absolute atomic E-state index is 5.31. The monoisotopic (exact) mass is 275 g/mol. The highest BCUT2D eigenvalue weighted by Crippen LogP contribution is 2.24. The molecule has 1 aromatic heterocycles. The maximum Gasteiger partial charge on any atom is 0.171 e. The number of hydrogen-bond acceptors (Lipinski definition) is 2. The van der Waals surface area contributed by atoms with Crippen LogP contribution in [0.4, 0.5) is 0 Å². The molecule has 2 rings (SSSR count). The Balaban J connectivity index is 2.41. The first-order valence-corrected chi connectivity index (χ1v) is 6.01. The fourth-order valence-electron chi connectivity index (χ4n) is 1.43. The Bertz CT molecular complexity index is 534. The lowest BCUT2D eigenvalue weighted by Gasteiger charge is -1.95. The Hall–Kier alpha value is -1.53. The molecule has 0 N–H and O–H groups in total. The third-order valence-corrected chi connectivity index (χ3v) is 2.51. The SMILES string of the molecule is Cc1c(C#CCBr)noc1-c1ccccc1. The molecule has 2 nitrogen and oxygen atoms in total. The zero-order chi connectivity index (χ0) is 11.4. The minimum absolute atomic E-state index is 0.639. The smallest absolute Gasteiger partial charge is 0.171 e. The van der Waals surface area contributed by atoms with Crippen LogP contribution < -0.4 is 0 Å². The summed E-state index contributed by atoms with van der Waals surface area (Å²) in [6, 6.07) is 9.91. The molecule has 0 bridgehead atoms. The molecule has 0 saturated carbocycles. The molecule has 0 fully saturated rings. The summed E-state index contributed by atoms with van der Waals surface area (Å²) in [7, 11) is 0. The van der Waals surface area contributed by atoms with Gasteiger partial charge in [0.25, 0.3) is 0 Å². The van der Waals surface area contributed by atoms with Crippen LogP contribution in [0.25, 0.3) is 11.3 Å². The number of halogens is 1. The van der Waals surface area contributed by atoms with E-state index in [9.17, 15) is 0 Å². The Labute approximate surface area is 103 Å². The van der Waals surface area contributed by atoms with E-state index < -0.39 is 0 Å². The first-order valence-electron chi connectivity index (χ1n) is 4.89. The number of rotatable bonds is 1. The van der Waals surface area contributed by atoms with Gasteiger partial charge in [-0.05, 0) is 12.8 Å². The molecule has 0 radical (unpaired) electrons. The lowest BCUT2D eigenvalue weighted by molar-refractivity contribution is 0.430. The molecule has 16 heavy (non-hydrogen) atoms. The molecule has 2 aromatic rings. The molecule has 0 amide bonds. The third-order valence-electron chi connectivity index (χ3n) is 2.23. The first kappa shape index (κ1) is 11.0. The normalized spacial score (nSPS) is 9.62. The predicted octanol–water partition coefficient (Wildman–Crippen LogP) is 3.40. The van der Waals surface area contributed by atoms with E-state index in [1.807, 2.05) is 37.3 Å². The van der Waals surface area contributed by atoms with Crippen LogP contribution in [0, 0.1) is 18.8 Å². The van der Waals surface area contributed by atoms with Gasteiger partial charge in [-0.15, -0.1) is 0 Å². The molecule has 1 heterocycles. The van der Waals surface area contributed by atoms with Crippen LogP contribution in [-0.4, -0.2) is 10.5 Å². The van der Waals surface area contributed by atoms with Crippen molar-refractivity contribution in [2.45, 2.75) is 6.92 Å². The standard InChI is InChI=1S/C13H10BrNO/c1-10-12(8-5-9-14)15-16-13(10)11-6-3-2-4-7-11/h2-4,6-7H,9H2,1H3. The molecule has 1 aromatic carbocycles. The number of benzene rings is 1. The average Bonchev–Trinajstić information content (AvgIpc) is 2.69. The van der Waals surface area contributed by atoms with Gasteiger partial charge in [0, 0.05) is 11.1 Å². The molecule has 0 spiro atoms. The average molecular weight is 276 g/mol. The first-order chi connectivity index (χ1) is 7.83. The van der Waals surface area contributed by atoms with E-state index in [0.717, 1.165) is 16.9 Å². The summed E-state index contributed by atoms with van der Waals surface area (Å²) >= 11 is 3.25. The van der Waals surface area contributed by atoms with Gasteiger partial charge in [-0.1, -0.05) is 57.3 Å². The highest BCUT2D eigenvalue weighted by atomic mass is 79.9. The second-order valence-corrected chi connectivity index (χ2v) is 3.85. The van der Waals surface area contributed by atoms with Crippen molar-refractivity contribution in [3.8, 4) is 23.2 Å². The Morgan fingerprint density at radius 2 is 2.06 bits per heavy atom. The van der Waals surface area contributed by atoms with Crippen LogP contribution in [0.15, 0.2) is 34.9 Å². The van der Waals surface area contributed by atoms with Crippen LogP contribution >= 0.6 is 15.9 Å². The summed E-state index contributed by atoms with van der Waals surface area (Å²) in [5, 5.41) is 4.60. The quantitative estimate of drug-likeness (QED) is 0.589. The van der Waals surface area contributed by atoms with Gasteiger partial charge in [0.2, 0.25) is 0 Å². The van der Waals surface area contributed by atoms with Crippen molar-refractivity contribution < 1.29 is 4.52 Å². The summed E-state index contributed by atoms with van der Waals surface area (Å²) in [5.74, 6) is 6.66. The number of hydrogen-bond donors (Lipinski definition) is 0. The maximum atomic E-state index is 5.31. The van der Waals surface area contributed by atoms with Gasteiger partial charge >= 0.3 is 0 Å². The van der Waals surface area contributed by atoms with Crippen LogP contribution in [0.5, 0.6) is 0 Å². The summed E-state index contributed by atoms with van der Waals surface area (Å²) in [6.07, 6.45) is 0. The Morgan fingerprint density at radius 3 is 2.75 bits per heavy atom. The van der Waals surface area contributed by atoms with Gasteiger partial charge < -0.3 is 4.52 Å². The topological polar surface area (TPSA) is 26.0 Å². The van der Waals surface area contributed by atoms with E-state index in [4.69, 9.17) is 4.52 Å². The fourth-order valence-corrected chi connectivity index (χ4v) is 1.57. The van der Waals surface area contributed by atoms with Crippen LogP contribution in [0.1, 0.15) is 11.3 Å². The summed E-state index contributed by atoms with van der Waals surface area (Å²) in [5.41, 5.74) is 2.72. The lowest BCUT2D eigenvalue weighted by Crippen LogP contribution is -1.80. The van der Waals surface area contributed by atoms with Gasteiger partial charge in [0.15, 0.2) is 11.5 Å². The summed E-state index contributed by atoms with van der Waals surface area (Å²) in [6.45, 7) is 1.97. The fraction of sp³-hybridized carbons (Fsp3) is 0.154. The largest absolute Gasteiger partial charge is 0.355 e. The minimum Gasteiger partial charge on any atom is -0.355 e. The van der Waals surface area contributed by atoms with Gasteiger partial charge in [0.05, 0.1) is 5.33 Å². The zero-order valence-corrected chi connectivity index (χ0v) is 10.4. The van der Waals surface area contributed by atoms with Crippen LogP contribution in [0.3, 0.4) is 0 Å². The highest BCUT2D eigenvalue weighted by Gasteiger charge is 2.11. The number of aromatic nitrogens is 1. The van der Waals surface area contributed by atoms with Gasteiger partial charge in [-0.25, -0.2) is 0 Å². The molecule has 80 valence electrons. The summed E-state index contributed by atoms with van der Waals surface area (Å²) in [4.78, 5) is 0. The van der Waals surface area contributed by atoms with E-state index >= 15 is 0 Å². The molecule has 0 atom stereocenters. The van der Waals surface area contributed by atoms with E-state index in [1.165, 1.54) is 0 Å². The molecular weight excluding hydrogens is 266 g/mol. The van der Waals surface area contributed by atoms with Crippen LogP contribution in [0.2, 0.25) is 0 Å². The molecule has 0 unspecified atom stereocenters. The van der Waals surface area contributed by atoms with E-state index in [0.29, 0.717) is 11.0 Å². The number of alkyl halides is 1. The molecule has 0 aliphatic carbocycles. The predicted molar refractivity (Wildman–Crippen MR) is 67.3 cm³/mol. The Kier molecular flexibility index (Phi) is 3.43. The second kappa shape index (κ2) is 5.00. The third kappa shape index (κ3) is 2.17. The lowest BCUT2D eigenvalue weighted by atomic mass is 10.1. The van der Waals surface area contributed by atoms with Crippen molar-refractivity contribution in [1.29, 1.82) is 0 Å². The molecule has 3 heteroatoms. The highest BCUT2D eigenvalue weighted by molar-refractivity contribution is 9.09. The van der Waals surface area contributed by atoms with Crippen molar-refractivity contribution >= 4 is 15.9 Å². The van der Waals surface area contributed by atoms with E-state index in [2.05, 4.69) is 32.9 Å². The van der Waals surface area contributed by atoms with Crippen molar-refractivity contribution in [3.63, 3.8) is 0 Å². The molecule has 0 aliphatic rings. The molecule has 0 aliphatic heterocycles. The zero-order valence-electron chi connectivity index (χ0n) is 8.83. The van der Waals surface area contributed by atoms with Crippen LogP contribution in [-0.2, 0) is 0 Å². The summed E-state index contributed by atoms with van der Waals surface area (Å²) < 4.78 is 5.31. The minimum atomic E-state index is 0.639. The molecular formula is C13H10BrNO.